The molecule has 1 saturated carbocycles. The summed E-state index contributed by atoms with van der Waals surface area (Å²) in [7, 11) is 5.15. The van der Waals surface area contributed by atoms with Crippen molar-refractivity contribution in [2.75, 3.05) is 52.5 Å². The van der Waals surface area contributed by atoms with Crippen molar-refractivity contribution >= 4 is 11.6 Å². The largest absolute Gasteiger partial charge is 0.497 e. The zero-order chi connectivity index (χ0) is 26.0. The van der Waals surface area contributed by atoms with Crippen LogP contribution in [0.5, 0.6) is 11.5 Å². The van der Waals surface area contributed by atoms with Gasteiger partial charge < -0.3 is 29.2 Å². The molecule has 1 aliphatic carbocycles. The fraction of sp³-hybridized carbons (Fsp3) is 0.567. The first kappa shape index (κ1) is 27.3. The molecule has 202 valence electrons. The number of nitrogens with zero attached hydrogens (tertiary/aromatic N) is 1. The highest BCUT2D eigenvalue weighted by Gasteiger charge is 2.32. The quantitative estimate of drug-likeness (QED) is 0.409. The Bertz CT molecular complexity index is 996. The summed E-state index contributed by atoms with van der Waals surface area (Å²) in [6.07, 6.45) is 5.73. The zero-order valence-corrected chi connectivity index (χ0v) is 22.5. The summed E-state index contributed by atoms with van der Waals surface area (Å²) in [6, 6.07) is 14.8. The molecular weight excluding hydrogens is 468 g/mol. The van der Waals surface area contributed by atoms with E-state index in [0.717, 1.165) is 74.6 Å². The van der Waals surface area contributed by atoms with Crippen LogP contribution in [0.1, 0.15) is 55.6 Å². The van der Waals surface area contributed by atoms with E-state index in [1.807, 2.05) is 12.1 Å². The molecule has 0 unspecified atom stereocenters. The number of nitrogens with one attached hydrogen (secondary N) is 1. The minimum absolute atomic E-state index is 0.118. The number of carbonyl (C=O) groups is 1. The van der Waals surface area contributed by atoms with E-state index in [2.05, 4.69) is 40.5 Å². The van der Waals surface area contributed by atoms with Gasteiger partial charge in [0.05, 0.1) is 32.1 Å². The van der Waals surface area contributed by atoms with Gasteiger partial charge in [-0.2, -0.15) is 0 Å². The molecule has 1 fully saturated rings. The Kier molecular flexibility index (Phi) is 10.1. The second-order valence-corrected chi connectivity index (χ2v) is 10.1. The molecule has 0 radical (unpaired) electrons. The van der Waals surface area contributed by atoms with E-state index in [1.54, 1.807) is 21.3 Å². The molecule has 0 aromatic heterocycles. The molecule has 2 aromatic carbocycles. The normalized spacial score (nSPS) is 21.2. The number of ether oxygens (including phenoxy) is 4. The van der Waals surface area contributed by atoms with Crippen molar-refractivity contribution in [2.24, 2.45) is 5.92 Å². The second kappa shape index (κ2) is 13.7. The lowest BCUT2D eigenvalue weighted by Crippen LogP contribution is -2.34. The lowest BCUT2D eigenvalue weighted by Gasteiger charge is -2.37. The number of hydrogen-bond acceptors (Lipinski definition) is 6. The summed E-state index contributed by atoms with van der Waals surface area (Å²) in [5, 5.41) is 2.75. The topological polar surface area (TPSA) is 69.3 Å². The summed E-state index contributed by atoms with van der Waals surface area (Å²) >= 11 is 0. The van der Waals surface area contributed by atoms with Crippen LogP contribution in [0.15, 0.2) is 42.5 Å². The number of carbonyl (C=O) groups excluding carboxylic acids is 1. The maximum atomic E-state index is 11.8. The number of methoxy groups -OCH3 is 2. The predicted molar refractivity (Wildman–Crippen MR) is 146 cm³/mol. The minimum atomic E-state index is 0.118. The number of amides is 1. The third-order valence-corrected chi connectivity index (χ3v) is 7.72. The Labute approximate surface area is 221 Å². The van der Waals surface area contributed by atoms with Crippen molar-refractivity contribution in [3.63, 3.8) is 0 Å². The number of benzene rings is 2. The summed E-state index contributed by atoms with van der Waals surface area (Å²) in [6.45, 7) is 3.88. The molecule has 37 heavy (non-hydrogen) atoms. The van der Waals surface area contributed by atoms with E-state index in [1.165, 1.54) is 5.56 Å². The summed E-state index contributed by atoms with van der Waals surface area (Å²) < 4.78 is 23.2. The number of fused-ring (bicyclic) bond motifs is 1. The van der Waals surface area contributed by atoms with Crippen molar-refractivity contribution in [1.29, 1.82) is 0 Å². The van der Waals surface area contributed by atoms with E-state index >= 15 is 0 Å². The van der Waals surface area contributed by atoms with Crippen molar-refractivity contribution in [1.82, 2.24) is 5.32 Å². The molecule has 1 amide bonds. The van der Waals surface area contributed by atoms with Crippen LogP contribution in [-0.4, -0.2) is 59.6 Å². The average molecular weight is 511 g/mol. The lowest BCUT2D eigenvalue weighted by atomic mass is 9.74. The fourth-order valence-electron chi connectivity index (χ4n) is 5.60. The van der Waals surface area contributed by atoms with E-state index in [9.17, 15) is 4.79 Å². The van der Waals surface area contributed by atoms with Gasteiger partial charge in [0.1, 0.15) is 18.1 Å². The molecule has 4 rings (SSSR count). The number of anilines is 1. The van der Waals surface area contributed by atoms with Crippen molar-refractivity contribution in [2.45, 2.75) is 57.2 Å². The molecule has 2 aromatic rings. The molecule has 1 heterocycles. The van der Waals surface area contributed by atoms with Crippen LogP contribution in [-0.2, 0) is 20.9 Å². The van der Waals surface area contributed by atoms with Crippen LogP contribution in [0.4, 0.5) is 5.69 Å². The standard InChI is InChI=1S/C30H42N2O5/c1-31-30(33)14-7-22-5-12-28(26(19-22)24-8-10-25(35-3)11-9-24)37-21-23-6-13-29-27(20-23)32(16-18-36-29)15-4-17-34-2/h6,8-11,13,20,22,26,28H,4-5,7,12,14-19,21H2,1-3H3,(H,31,33)/t22-,26-,28+/m1/s1. The van der Waals surface area contributed by atoms with Crippen molar-refractivity contribution < 1.29 is 23.7 Å². The molecule has 0 saturated heterocycles. The smallest absolute Gasteiger partial charge is 0.219 e. The molecule has 1 aliphatic heterocycles. The van der Waals surface area contributed by atoms with Gasteiger partial charge in [-0.05, 0) is 73.4 Å². The molecule has 7 heteroatoms. The van der Waals surface area contributed by atoms with Crippen molar-refractivity contribution in [3.05, 3.63) is 53.6 Å². The van der Waals surface area contributed by atoms with Gasteiger partial charge in [0.15, 0.2) is 0 Å². The zero-order valence-electron chi connectivity index (χ0n) is 22.5. The SMILES string of the molecule is CNC(=O)CC[C@H]1CC[C@H](OCc2ccc3c(c2)N(CCCOC)CCO3)[C@@H](c2ccc(OC)cc2)C1. The molecule has 1 N–H and O–H groups in total. The molecule has 0 spiro atoms. The Hall–Kier alpha value is -2.77. The molecular formula is C30H42N2O5. The van der Waals surface area contributed by atoms with Gasteiger partial charge in [-0.3, -0.25) is 4.79 Å². The minimum Gasteiger partial charge on any atom is -0.497 e. The predicted octanol–water partition coefficient (Wildman–Crippen LogP) is 4.93. The Morgan fingerprint density at radius 3 is 2.73 bits per heavy atom. The van der Waals surface area contributed by atoms with Crippen LogP contribution in [0.3, 0.4) is 0 Å². The third-order valence-electron chi connectivity index (χ3n) is 7.72. The maximum Gasteiger partial charge on any atom is 0.219 e. The average Bonchev–Trinajstić information content (AvgIpc) is 2.95. The summed E-state index contributed by atoms with van der Waals surface area (Å²) in [5.41, 5.74) is 3.59. The van der Waals surface area contributed by atoms with E-state index in [-0.39, 0.29) is 12.0 Å². The third kappa shape index (κ3) is 7.39. The Balaban J connectivity index is 1.44. The molecule has 2 aliphatic rings. The van der Waals surface area contributed by atoms with Gasteiger partial charge in [0.2, 0.25) is 5.91 Å². The highest BCUT2D eigenvalue weighted by atomic mass is 16.5. The van der Waals surface area contributed by atoms with Gasteiger partial charge in [0.25, 0.3) is 0 Å². The van der Waals surface area contributed by atoms with E-state index in [0.29, 0.717) is 31.5 Å². The summed E-state index contributed by atoms with van der Waals surface area (Å²) in [4.78, 5) is 14.2. The van der Waals surface area contributed by atoms with Gasteiger partial charge >= 0.3 is 0 Å². The van der Waals surface area contributed by atoms with Crippen LogP contribution in [0.2, 0.25) is 0 Å². The van der Waals surface area contributed by atoms with Gasteiger partial charge in [-0.1, -0.05) is 18.2 Å². The van der Waals surface area contributed by atoms with E-state index in [4.69, 9.17) is 18.9 Å². The fourth-order valence-corrected chi connectivity index (χ4v) is 5.60. The van der Waals surface area contributed by atoms with Gasteiger partial charge in [-0.15, -0.1) is 0 Å². The Morgan fingerprint density at radius 2 is 1.97 bits per heavy atom. The number of hydrogen-bond donors (Lipinski definition) is 1. The highest BCUT2D eigenvalue weighted by Crippen LogP contribution is 2.41. The lowest BCUT2D eigenvalue weighted by molar-refractivity contribution is -0.121. The van der Waals surface area contributed by atoms with Crippen LogP contribution >= 0.6 is 0 Å². The van der Waals surface area contributed by atoms with E-state index < -0.39 is 0 Å². The Morgan fingerprint density at radius 1 is 1.14 bits per heavy atom. The molecule has 3 atom stereocenters. The molecule has 0 bridgehead atoms. The second-order valence-electron chi connectivity index (χ2n) is 10.1. The van der Waals surface area contributed by atoms with Crippen molar-refractivity contribution in [3.8, 4) is 11.5 Å². The van der Waals surface area contributed by atoms with Gasteiger partial charge in [0, 0.05) is 39.6 Å². The first-order valence-corrected chi connectivity index (χ1v) is 13.6. The van der Waals surface area contributed by atoms with Crippen LogP contribution in [0, 0.1) is 5.92 Å². The molecule has 7 nitrogen and oxygen atoms in total. The number of rotatable bonds is 12. The summed E-state index contributed by atoms with van der Waals surface area (Å²) in [5.74, 6) is 2.73. The maximum absolute atomic E-state index is 11.8. The van der Waals surface area contributed by atoms with Gasteiger partial charge in [-0.25, -0.2) is 0 Å². The first-order chi connectivity index (χ1) is 18.1. The highest BCUT2D eigenvalue weighted by molar-refractivity contribution is 5.75. The first-order valence-electron chi connectivity index (χ1n) is 13.6. The monoisotopic (exact) mass is 510 g/mol. The van der Waals surface area contributed by atoms with Crippen LogP contribution < -0.4 is 19.7 Å². The van der Waals surface area contributed by atoms with Crippen LogP contribution in [0.25, 0.3) is 0 Å².